The molecule has 0 radical (unpaired) electrons. The lowest BCUT2D eigenvalue weighted by Gasteiger charge is -2.12. The van der Waals surface area contributed by atoms with E-state index in [1.54, 1.807) is 0 Å². The Balaban J connectivity index is 2.52. The molecule has 0 aliphatic carbocycles. The Morgan fingerprint density at radius 1 is 0.850 bits per heavy atom. The minimum atomic E-state index is -4.53. The first kappa shape index (κ1) is 14.4. The van der Waals surface area contributed by atoms with Gasteiger partial charge in [-0.05, 0) is 23.8 Å². The van der Waals surface area contributed by atoms with E-state index in [4.69, 9.17) is 0 Å². The van der Waals surface area contributed by atoms with Crippen molar-refractivity contribution in [3.05, 3.63) is 59.4 Å². The molecule has 20 heavy (non-hydrogen) atoms. The standard InChI is InChI=1S/C14H8F6/c15-11-3-1-2-10(13(16)17)12(11)8-4-6-9(7-5-8)14(18,19)20/h1-7,13H. The fourth-order valence-corrected chi connectivity index (χ4v) is 1.85. The van der Waals surface area contributed by atoms with Crippen LogP contribution in [0.2, 0.25) is 0 Å². The first-order valence-electron chi connectivity index (χ1n) is 5.55. The van der Waals surface area contributed by atoms with Gasteiger partial charge in [0.15, 0.2) is 0 Å². The van der Waals surface area contributed by atoms with Crippen LogP contribution < -0.4 is 0 Å². The van der Waals surface area contributed by atoms with Crippen LogP contribution >= 0.6 is 0 Å². The van der Waals surface area contributed by atoms with Gasteiger partial charge in [0, 0.05) is 11.1 Å². The monoisotopic (exact) mass is 290 g/mol. The number of hydrogen-bond donors (Lipinski definition) is 0. The van der Waals surface area contributed by atoms with E-state index in [1.807, 2.05) is 0 Å². The highest BCUT2D eigenvalue weighted by Gasteiger charge is 2.30. The Morgan fingerprint density at radius 3 is 1.95 bits per heavy atom. The lowest BCUT2D eigenvalue weighted by molar-refractivity contribution is -0.137. The molecule has 0 saturated carbocycles. The van der Waals surface area contributed by atoms with E-state index in [2.05, 4.69) is 0 Å². The molecule has 0 heterocycles. The van der Waals surface area contributed by atoms with Gasteiger partial charge in [-0.3, -0.25) is 0 Å². The maximum atomic E-state index is 13.7. The van der Waals surface area contributed by atoms with E-state index < -0.39 is 29.5 Å². The van der Waals surface area contributed by atoms with Gasteiger partial charge in [0.1, 0.15) is 5.82 Å². The molecule has 0 unspecified atom stereocenters. The topological polar surface area (TPSA) is 0 Å². The van der Waals surface area contributed by atoms with Crippen molar-refractivity contribution in [1.82, 2.24) is 0 Å². The maximum absolute atomic E-state index is 13.7. The first-order chi connectivity index (χ1) is 9.30. The molecular formula is C14H8F6. The summed E-state index contributed by atoms with van der Waals surface area (Å²) in [6.07, 6.45) is -7.44. The van der Waals surface area contributed by atoms with E-state index in [0.29, 0.717) is 0 Å². The zero-order valence-corrected chi connectivity index (χ0v) is 9.89. The van der Waals surface area contributed by atoms with Crippen molar-refractivity contribution >= 4 is 0 Å². The SMILES string of the molecule is Fc1cccc(C(F)F)c1-c1ccc(C(F)(F)F)cc1. The molecule has 0 spiro atoms. The maximum Gasteiger partial charge on any atom is 0.416 e. The zero-order chi connectivity index (χ0) is 14.9. The average Bonchev–Trinajstić information content (AvgIpc) is 2.37. The van der Waals surface area contributed by atoms with Crippen LogP contribution in [0.1, 0.15) is 17.6 Å². The summed E-state index contributed by atoms with van der Waals surface area (Å²) < 4.78 is 76.5. The van der Waals surface area contributed by atoms with Crippen LogP contribution in [0.15, 0.2) is 42.5 Å². The summed E-state index contributed by atoms with van der Waals surface area (Å²) in [6, 6.07) is 6.58. The van der Waals surface area contributed by atoms with E-state index in [1.165, 1.54) is 0 Å². The van der Waals surface area contributed by atoms with Crippen molar-refractivity contribution in [2.24, 2.45) is 0 Å². The summed E-state index contributed by atoms with van der Waals surface area (Å²) >= 11 is 0. The molecule has 2 rings (SSSR count). The zero-order valence-electron chi connectivity index (χ0n) is 9.89. The third kappa shape index (κ3) is 2.79. The Kier molecular flexibility index (Phi) is 3.74. The molecule has 0 aromatic heterocycles. The largest absolute Gasteiger partial charge is 0.416 e. The minimum Gasteiger partial charge on any atom is -0.206 e. The van der Waals surface area contributed by atoms with Crippen molar-refractivity contribution < 1.29 is 26.3 Å². The molecule has 0 atom stereocenters. The lowest BCUT2D eigenvalue weighted by atomic mass is 9.98. The second-order valence-corrected chi connectivity index (χ2v) is 4.08. The van der Waals surface area contributed by atoms with Crippen molar-refractivity contribution in [3.63, 3.8) is 0 Å². The molecule has 0 nitrogen and oxygen atoms in total. The van der Waals surface area contributed by atoms with Gasteiger partial charge in [0.05, 0.1) is 5.56 Å². The van der Waals surface area contributed by atoms with Gasteiger partial charge in [0.2, 0.25) is 0 Å². The summed E-state index contributed by atoms with van der Waals surface area (Å²) in [4.78, 5) is 0. The predicted octanol–water partition coefficient (Wildman–Crippen LogP) is 5.45. The number of halogens is 6. The van der Waals surface area contributed by atoms with Crippen LogP contribution in [-0.2, 0) is 6.18 Å². The van der Waals surface area contributed by atoms with Crippen molar-refractivity contribution in [3.8, 4) is 11.1 Å². The van der Waals surface area contributed by atoms with Gasteiger partial charge in [0.25, 0.3) is 6.43 Å². The third-order valence-corrected chi connectivity index (χ3v) is 2.78. The molecular weight excluding hydrogens is 282 g/mol. The van der Waals surface area contributed by atoms with E-state index in [0.717, 1.165) is 42.5 Å². The number of rotatable bonds is 2. The molecule has 2 aromatic rings. The van der Waals surface area contributed by atoms with Crippen LogP contribution in [0.25, 0.3) is 11.1 Å². The Bertz CT molecular complexity index is 598. The summed E-state index contributed by atoms with van der Waals surface area (Å²) in [5.74, 6) is -0.900. The Labute approximate surface area is 110 Å². The highest BCUT2D eigenvalue weighted by Crippen LogP contribution is 2.35. The van der Waals surface area contributed by atoms with Gasteiger partial charge in [-0.15, -0.1) is 0 Å². The molecule has 0 saturated heterocycles. The second kappa shape index (κ2) is 5.19. The van der Waals surface area contributed by atoms with Crippen LogP contribution in [0.4, 0.5) is 26.3 Å². The van der Waals surface area contributed by atoms with Crippen LogP contribution in [0.5, 0.6) is 0 Å². The van der Waals surface area contributed by atoms with Crippen molar-refractivity contribution in [2.45, 2.75) is 12.6 Å². The normalized spacial score (nSPS) is 11.9. The van der Waals surface area contributed by atoms with Gasteiger partial charge in [-0.1, -0.05) is 24.3 Å². The molecule has 0 fully saturated rings. The Hall–Kier alpha value is -1.98. The fourth-order valence-electron chi connectivity index (χ4n) is 1.85. The second-order valence-electron chi connectivity index (χ2n) is 4.08. The van der Waals surface area contributed by atoms with E-state index in [9.17, 15) is 26.3 Å². The number of benzene rings is 2. The lowest BCUT2D eigenvalue weighted by Crippen LogP contribution is -2.04. The summed E-state index contributed by atoms with van der Waals surface area (Å²) in [5, 5.41) is 0. The molecule has 0 amide bonds. The summed E-state index contributed by atoms with van der Waals surface area (Å²) in [6.45, 7) is 0. The van der Waals surface area contributed by atoms with Crippen molar-refractivity contribution in [1.29, 1.82) is 0 Å². The molecule has 106 valence electrons. The van der Waals surface area contributed by atoms with Gasteiger partial charge < -0.3 is 0 Å². The summed E-state index contributed by atoms with van der Waals surface area (Å²) in [5.41, 5.74) is -1.87. The molecule has 0 aliphatic heterocycles. The first-order valence-corrected chi connectivity index (χ1v) is 5.55. The Morgan fingerprint density at radius 2 is 1.45 bits per heavy atom. The van der Waals surface area contributed by atoms with Crippen LogP contribution in [0, 0.1) is 5.82 Å². The number of alkyl halides is 5. The third-order valence-electron chi connectivity index (χ3n) is 2.78. The fraction of sp³-hybridized carbons (Fsp3) is 0.143. The molecule has 0 bridgehead atoms. The van der Waals surface area contributed by atoms with E-state index in [-0.39, 0.29) is 11.1 Å². The molecule has 0 aliphatic rings. The van der Waals surface area contributed by atoms with Gasteiger partial charge in [-0.25, -0.2) is 13.2 Å². The van der Waals surface area contributed by atoms with Gasteiger partial charge in [-0.2, -0.15) is 13.2 Å². The minimum absolute atomic E-state index is 0.0219. The smallest absolute Gasteiger partial charge is 0.206 e. The molecule has 2 aromatic carbocycles. The average molecular weight is 290 g/mol. The highest BCUT2D eigenvalue weighted by molar-refractivity contribution is 5.68. The molecule has 6 heteroatoms. The highest BCUT2D eigenvalue weighted by atomic mass is 19.4. The van der Waals surface area contributed by atoms with E-state index >= 15 is 0 Å². The number of hydrogen-bond acceptors (Lipinski definition) is 0. The molecule has 0 N–H and O–H groups in total. The van der Waals surface area contributed by atoms with Crippen LogP contribution in [-0.4, -0.2) is 0 Å². The summed E-state index contributed by atoms with van der Waals surface area (Å²) in [7, 11) is 0. The van der Waals surface area contributed by atoms with Crippen LogP contribution in [0.3, 0.4) is 0 Å². The quantitative estimate of drug-likeness (QED) is 0.645. The predicted molar refractivity (Wildman–Crippen MR) is 61.8 cm³/mol. The van der Waals surface area contributed by atoms with Crippen molar-refractivity contribution in [2.75, 3.05) is 0 Å². The van der Waals surface area contributed by atoms with Gasteiger partial charge >= 0.3 is 6.18 Å².